The zero-order valence-corrected chi connectivity index (χ0v) is 22.4. The van der Waals surface area contributed by atoms with E-state index in [1.807, 2.05) is 31.2 Å². The third-order valence-electron chi connectivity index (χ3n) is 6.22. The van der Waals surface area contributed by atoms with Crippen LogP contribution in [0.5, 0.6) is 0 Å². The summed E-state index contributed by atoms with van der Waals surface area (Å²) in [5.41, 5.74) is 3.03. The second-order valence-electron chi connectivity index (χ2n) is 8.57. The first kappa shape index (κ1) is 26.4. The van der Waals surface area contributed by atoms with Crippen molar-refractivity contribution in [2.75, 3.05) is 39.3 Å². The number of guanidine groups is 1. The van der Waals surface area contributed by atoms with Crippen LogP contribution in [-0.2, 0) is 17.8 Å². The number of carbonyl (C=O) groups is 1. The number of carbonyl (C=O) groups excluding carboxylic acids is 1. The van der Waals surface area contributed by atoms with Crippen LogP contribution in [0.4, 0.5) is 0 Å². The van der Waals surface area contributed by atoms with Crippen molar-refractivity contribution >= 4 is 35.8 Å². The van der Waals surface area contributed by atoms with Crippen LogP contribution in [0.15, 0.2) is 59.6 Å². The van der Waals surface area contributed by atoms with Gasteiger partial charge in [0.25, 0.3) is 5.91 Å². The van der Waals surface area contributed by atoms with E-state index in [1.54, 1.807) is 0 Å². The molecule has 2 heterocycles. The van der Waals surface area contributed by atoms with Gasteiger partial charge in [0, 0.05) is 44.8 Å². The van der Waals surface area contributed by atoms with Crippen molar-refractivity contribution in [1.82, 2.24) is 20.4 Å². The highest BCUT2D eigenvalue weighted by Gasteiger charge is 2.41. The zero-order chi connectivity index (χ0) is 23.0. The molecule has 2 aromatic rings. The predicted molar refractivity (Wildman–Crippen MR) is 147 cm³/mol. The van der Waals surface area contributed by atoms with E-state index in [9.17, 15) is 4.79 Å². The maximum atomic E-state index is 12.2. The molecule has 2 aromatic carbocycles. The fourth-order valence-corrected chi connectivity index (χ4v) is 4.61. The number of benzene rings is 2. The Hall–Kier alpha value is -2.17. The number of likely N-dealkylation sites (tertiary alicyclic amines) is 1. The molecular weight excluding hydrogens is 541 g/mol. The van der Waals surface area contributed by atoms with Gasteiger partial charge in [0.1, 0.15) is 0 Å². The summed E-state index contributed by atoms with van der Waals surface area (Å²) in [6, 6.07) is 18.7. The van der Waals surface area contributed by atoms with Gasteiger partial charge in [-0.05, 0) is 37.1 Å². The lowest BCUT2D eigenvalue weighted by atomic mass is 10.1. The summed E-state index contributed by atoms with van der Waals surface area (Å²) in [7, 11) is 0. The summed E-state index contributed by atoms with van der Waals surface area (Å²) in [5.74, 6) is 0.855. The van der Waals surface area contributed by atoms with E-state index < -0.39 is 0 Å². The van der Waals surface area contributed by atoms with Crippen LogP contribution in [0.3, 0.4) is 0 Å². The van der Waals surface area contributed by atoms with Crippen molar-refractivity contribution in [2.24, 2.45) is 4.99 Å². The minimum atomic E-state index is -0.0467. The standard InChI is InChI=1S/C26H35N5O2.HI/c1-3-27-25(32)22-12-8-11-21(15-22)16-29-26(28-4-2)31-18-23-24(19-31)33-14-13-30(23)17-20-9-6-5-7-10-20;/h5-12,15,23-24H,3-4,13-14,16-19H2,1-2H3,(H,27,32)(H,28,29);1H. The van der Waals surface area contributed by atoms with E-state index >= 15 is 0 Å². The molecule has 7 nitrogen and oxygen atoms in total. The number of hydrogen-bond acceptors (Lipinski definition) is 4. The Morgan fingerprint density at radius 1 is 1.03 bits per heavy atom. The average Bonchev–Trinajstić information content (AvgIpc) is 3.28. The Kier molecular flexibility index (Phi) is 10.2. The summed E-state index contributed by atoms with van der Waals surface area (Å²) < 4.78 is 6.15. The number of fused-ring (bicyclic) bond motifs is 1. The Morgan fingerprint density at radius 2 is 1.79 bits per heavy atom. The van der Waals surface area contributed by atoms with Crippen LogP contribution < -0.4 is 10.6 Å². The molecule has 2 saturated heterocycles. The molecule has 184 valence electrons. The second kappa shape index (κ2) is 13.1. The van der Waals surface area contributed by atoms with E-state index in [2.05, 4.69) is 57.7 Å². The minimum Gasteiger partial charge on any atom is -0.373 e. The third-order valence-corrected chi connectivity index (χ3v) is 6.22. The van der Waals surface area contributed by atoms with Crippen molar-refractivity contribution < 1.29 is 9.53 Å². The molecular formula is C26H36IN5O2. The maximum Gasteiger partial charge on any atom is 0.251 e. The SMILES string of the molecule is CCNC(=O)c1cccc(CN=C(NCC)N2CC3OCCN(Cc4ccccc4)C3C2)c1.I. The number of halogens is 1. The smallest absolute Gasteiger partial charge is 0.251 e. The van der Waals surface area contributed by atoms with E-state index in [4.69, 9.17) is 9.73 Å². The van der Waals surface area contributed by atoms with Gasteiger partial charge in [0.05, 0.1) is 25.3 Å². The van der Waals surface area contributed by atoms with Crippen molar-refractivity contribution in [2.45, 2.75) is 39.1 Å². The molecule has 2 atom stereocenters. The number of rotatable bonds is 7. The molecule has 0 saturated carbocycles. The normalized spacial score (nSPS) is 20.4. The quantitative estimate of drug-likeness (QED) is 0.301. The number of nitrogens with one attached hydrogen (secondary N) is 2. The Bertz CT molecular complexity index is 955. The van der Waals surface area contributed by atoms with Crippen molar-refractivity contribution in [3.8, 4) is 0 Å². The molecule has 2 aliphatic heterocycles. The fourth-order valence-electron chi connectivity index (χ4n) is 4.61. The monoisotopic (exact) mass is 577 g/mol. The lowest BCUT2D eigenvalue weighted by Crippen LogP contribution is -2.50. The molecule has 0 aromatic heterocycles. The zero-order valence-electron chi connectivity index (χ0n) is 20.1. The molecule has 4 rings (SSSR count). The van der Waals surface area contributed by atoms with Crippen LogP contribution in [-0.4, -0.2) is 73.1 Å². The summed E-state index contributed by atoms with van der Waals surface area (Å²) in [4.78, 5) is 21.9. The predicted octanol–water partition coefficient (Wildman–Crippen LogP) is 3.11. The molecule has 0 radical (unpaired) electrons. The van der Waals surface area contributed by atoms with E-state index in [-0.39, 0.29) is 36.0 Å². The lowest BCUT2D eigenvalue weighted by Gasteiger charge is -2.36. The highest BCUT2D eigenvalue weighted by atomic mass is 127. The van der Waals surface area contributed by atoms with Crippen molar-refractivity contribution in [3.63, 3.8) is 0 Å². The highest BCUT2D eigenvalue weighted by Crippen LogP contribution is 2.25. The molecule has 1 amide bonds. The van der Waals surface area contributed by atoms with Crippen LogP contribution in [0, 0.1) is 0 Å². The fraction of sp³-hybridized carbons (Fsp3) is 0.462. The third kappa shape index (κ3) is 6.70. The molecule has 0 aliphatic carbocycles. The molecule has 0 spiro atoms. The molecule has 2 fully saturated rings. The highest BCUT2D eigenvalue weighted by molar-refractivity contribution is 14.0. The second-order valence-corrected chi connectivity index (χ2v) is 8.57. The maximum absolute atomic E-state index is 12.2. The molecule has 2 unspecified atom stereocenters. The molecule has 2 N–H and O–H groups in total. The van der Waals surface area contributed by atoms with Gasteiger partial charge in [-0.1, -0.05) is 42.5 Å². The van der Waals surface area contributed by atoms with Crippen LogP contribution in [0.1, 0.15) is 35.3 Å². The number of morpholine rings is 1. The van der Waals surface area contributed by atoms with Crippen LogP contribution in [0.2, 0.25) is 0 Å². The Balaban J connectivity index is 0.00000324. The van der Waals surface area contributed by atoms with E-state index in [1.165, 1.54) is 5.56 Å². The Labute approximate surface area is 220 Å². The molecule has 2 aliphatic rings. The molecule has 0 bridgehead atoms. The van der Waals surface area contributed by atoms with Crippen LogP contribution in [0.25, 0.3) is 0 Å². The van der Waals surface area contributed by atoms with Gasteiger partial charge in [-0.25, -0.2) is 4.99 Å². The van der Waals surface area contributed by atoms with Crippen molar-refractivity contribution in [3.05, 3.63) is 71.3 Å². The summed E-state index contributed by atoms with van der Waals surface area (Å²) in [6.07, 6.45) is 0.187. The number of nitrogens with zero attached hydrogens (tertiary/aromatic N) is 3. The summed E-state index contributed by atoms with van der Waals surface area (Å²) in [5, 5.41) is 6.30. The number of ether oxygens (including phenoxy) is 1. The lowest BCUT2D eigenvalue weighted by molar-refractivity contribution is -0.0502. The first-order valence-corrected chi connectivity index (χ1v) is 12.0. The van der Waals surface area contributed by atoms with E-state index in [0.29, 0.717) is 24.7 Å². The largest absolute Gasteiger partial charge is 0.373 e. The van der Waals surface area contributed by atoms with Gasteiger partial charge < -0.3 is 20.3 Å². The number of aliphatic imine (C=N–C) groups is 1. The van der Waals surface area contributed by atoms with Crippen LogP contribution >= 0.6 is 24.0 Å². The number of hydrogen-bond donors (Lipinski definition) is 2. The average molecular weight is 578 g/mol. The number of amides is 1. The first-order valence-electron chi connectivity index (χ1n) is 12.0. The topological polar surface area (TPSA) is 69.2 Å². The van der Waals surface area contributed by atoms with Gasteiger partial charge in [-0.3, -0.25) is 9.69 Å². The van der Waals surface area contributed by atoms with Gasteiger partial charge in [-0.15, -0.1) is 24.0 Å². The van der Waals surface area contributed by atoms with Gasteiger partial charge in [0.15, 0.2) is 5.96 Å². The Morgan fingerprint density at radius 3 is 2.56 bits per heavy atom. The van der Waals surface area contributed by atoms with Gasteiger partial charge >= 0.3 is 0 Å². The minimum absolute atomic E-state index is 0. The molecule has 34 heavy (non-hydrogen) atoms. The van der Waals surface area contributed by atoms with Gasteiger partial charge in [-0.2, -0.15) is 0 Å². The first-order chi connectivity index (χ1) is 16.2. The summed E-state index contributed by atoms with van der Waals surface area (Å²) >= 11 is 0. The van der Waals surface area contributed by atoms with Gasteiger partial charge in [0.2, 0.25) is 0 Å². The summed E-state index contributed by atoms with van der Waals surface area (Å²) in [6.45, 7) is 10.3. The van der Waals surface area contributed by atoms with Crippen molar-refractivity contribution in [1.29, 1.82) is 0 Å². The van der Waals surface area contributed by atoms with E-state index in [0.717, 1.165) is 50.9 Å². The molecule has 8 heteroatoms.